The molecule has 0 aliphatic carbocycles. The van der Waals surface area contributed by atoms with Crippen molar-refractivity contribution in [2.45, 2.75) is 20.4 Å². The highest BCUT2D eigenvalue weighted by atomic mass is 16.5. The maximum absolute atomic E-state index is 11.5. The number of anilines is 1. The fourth-order valence-corrected chi connectivity index (χ4v) is 1.63. The number of rotatable bonds is 3. The summed E-state index contributed by atoms with van der Waals surface area (Å²) in [5, 5.41) is 5.56. The predicted octanol–water partition coefficient (Wildman–Crippen LogP) is 1.29. The summed E-state index contributed by atoms with van der Waals surface area (Å²) in [7, 11) is 0. The predicted molar refractivity (Wildman–Crippen MR) is 67.3 cm³/mol. The van der Waals surface area contributed by atoms with E-state index in [4.69, 9.17) is 4.74 Å². The molecule has 18 heavy (non-hydrogen) atoms. The Balaban J connectivity index is 2.04. The minimum Gasteiger partial charge on any atom is -0.482 e. The second kappa shape index (κ2) is 5.08. The summed E-state index contributed by atoms with van der Waals surface area (Å²) < 4.78 is 5.26. The summed E-state index contributed by atoms with van der Waals surface area (Å²) in [6.07, 6.45) is 0. The van der Waals surface area contributed by atoms with Gasteiger partial charge >= 0.3 is 0 Å². The maximum atomic E-state index is 11.5. The highest BCUT2D eigenvalue weighted by Gasteiger charge is 2.16. The number of fused-ring (bicyclic) bond motifs is 1. The van der Waals surface area contributed by atoms with Gasteiger partial charge in [0.15, 0.2) is 6.61 Å². The Morgan fingerprint density at radius 2 is 2.28 bits per heavy atom. The maximum Gasteiger partial charge on any atom is 0.262 e. The molecule has 0 saturated carbocycles. The van der Waals surface area contributed by atoms with Crippen LogP contribution in [0, 0.1) is 5.92 Å². The molecular formula is C13H16N2O3. The van der Waals surface area contributed by atoms with Gasteiger partial charge in [-0.15, -0.1) is 0 Å². The number of amides is 2. The lowest BCUT2D eigenvalue weighted by Crippen LogP contribution is -2.28. The van der Waals surface area contributed by atoms with E-state index in [1.165, 1.54) is 0 Å². The van der Waals surface area contributed by atoms with E-state index in [0.29, 0.717) is 18.0 Å². The number of nitrogens with one attached hydrogen (secondary N) is 2. The first-order valence-corrected chi connectivity index (χ1v) is 5.89. The Kier molecular flexibility index (Phi) is 3.50. The number of carbonyl (C=O) groups excluding carboxylic acids is 2. The lowest BCUT2D eigenvalue weighted by atomic mass is 10.1. The lowest BCUT2D eigenvalue weighted by Gasteiger charge is -2.18. The molecule has 1 aromatic rings. The van der Waals surface area contributed by atoms with E-state index in [9.17, 15) is 9.59 Å². The molecule has 2 N–H and O–H groups in total. The van der Waals surface area contributed by atoms with Crippen molar-refractivity contribution in [3.8, 4) is 5.75 Å². The van der Waals surface area contributed by atoms with E-state index >= 15 is 0 Å². The zero-order chi connectivity index (χ0) is 13.1. The van der Waals surface area contributed by atoms with Crippen LogP contribution in [-0.2, 0) is 16.1 Å². The molecule has 0 spiro atoms. The second-order valence-electron chi connectivity index (χ2n) is 4.54. The zero-order valence-corrected chi connectivity index (χ0v) is 10.4. The van der Waals surface area contributed by atoms with Gasteiger partial charge < -0.3 is 15.4 Å². The Morgan fingerprint density at radius 1 is 1.50 bits per heavy atom. The third-order valence-electron chi connectivity index (χ3n) is 2.67. The quantitative estimate of drug-likeness (QED) is 0.847. The van der Waals surface area contributed by atoms with Crippen molar-refractivity contribution in [3.63, 3.8) is 0 Å². The van der Waals surface area contributed by atoms with Crippen LogP contribution in [-0.4, -0.2) is 18.4 Å². The van der Waals surface area contributed by atoms with Crippen LogP contribution in [0.15, 0.2) is 18.2 Å². The molecule has 1 aliphatic rings. The summed E-state index contributed by atoms with van der Waals surface area (Å²) in [6.45, 7) is 4.18. The Bertz CT molecular complexity index is 483. The van der Waals surface area contributed by atoms with Gasteiger partial charge in [-0.3, -0.25) is 9.59 Å². The van der Waals surface area contributed by atoms with Crippen molar-refractivity contribution >= 4 is 17.5 Å². The molecule has 0 fully saturated rings. The third-order valence-corrected chi connectivity index (χ3v) is 2.67. The van der Waals surface area contributed by atoms with Crippen molar-refractivity contribution in [2.24, 2.45) is 5.92 Å². The van der Waals surface area contributed by atoms with Gasteiger partial charge in [0.2, 0.25) is 5.91 Å². The Morgan fingerprint density at radius 3 is 3.00 bits per heavy atom. The molecule has 0 bridgehead atoms. The summed E-state index contributed by atoms with van der Waals surface area (Å²) in [5.41, 5.74) is 1.58. The van der Waals surface area contributed by atoms with Gasteiger partial charge in [0, 0.05) is 12.5 Å². The third kappa shape index (κ3) is 2.80. The highest BCUT2D eigenvalue weighted by molar-refractivity contribution is 5.95. The van der Waals surface area contributed by atoms with Crippen molar-refractivity contribution in [3.05, 3.63) is 23.8 Å². The minimum atomic E-state index is -0.161. The summed E-state index contributed by atoms with van der Waals surface area (Å²) >= 11 is 0. The molecule has 1 aromatic carbocycles. The van der Waals surface area contributed by atoms with Crippen LogP contribution >= 0.6 is 0 Å². The van der Waals surface area contributed by atoms with Crippen LogP contribution in [0.4, 0.5) is 5.69 Å². The summed E-state index contributed by atoms with van der Waals surface area (Å²) in [4.78, 5) is 22.6. The van der Waals surface area contributed by atoms with Crippen LogP contribution in [0.1, 0.15) is 19.4 Å². The highest BCUT2D eigenvalue weighted by Crippen LogP contribution is 2.28. The summed E-state index contributed by atoms with van der Waals surface area (Å²) in [5.74, 6) is 0.470. The van der Waals surface area contributed by atoms with Gasteiger partial charge in [0.1, 0.15) is 5.75 Å². The van der Waals surface area contributed by atoms with E-state index in [-0.39, 0.29) is 24.3 Å². The smallest absolute Gasteiger partial charge is 0.262 e. The number of benzene rings is 1. The fourth-order valence-electron chi connectivity index (χ4n) is 1.63. The zero-order valence-electron chi connectivity index (χ0n) is 10.4. The molecule has 1 aliphatic heterocycles. The van der Waals surface area contributed by atoms with E-state index < -0.39 is 0 Å². The number of ether oxygens (including phenoxy) is 1. The second-order valence-corrected chi connectivity index (χ2v) is 4.54. The number of carbonyl (C=O) groups is 2. The van der Waals surface area contributed by atoms with E-state index in [0.717, 1.165) is 5.56 Å². The molecule has 96 valence electrons. The fraction of sp³-hybridized carbons (Fsp3) is 0.385. The molecule has 0 radical (unpaired) electrons. The van der Waals surface area contributed by atoms with Gasteiger partial charge in [0.25, 0.3) is 5.91 Å². The standard InChI is InChI=1S/C13H16N2O3/c1-8(2)13(17)14-6-9-3-4-11-10(5-9)15-12(16)7-18-11/h3-5,8H,6-7H2,1-2H3,(H,14,17)(H,15,16). The molecule has 2 amide bonds. The molecule has 0 unspecified atom stereocenters. The molecule has 5 heteroatoms. The number of hydrogen-bond acceptors (Lipinski definition) is 3. The van der Waals surface area contributed by atoms with Gasteiger partial charge in [-0.25, -0.2) is 0 Å². The molecular weight excluding hydrogens is 232 g/mol. The van der Waals surface area contributed by atoms with Crippen molar-refractivity contribution in [2.75, 3.05) is 11.9 Å². The number of hydrogen-bond donors (Lipinski definition) is 2. The summed E-state index contributed by atoms with van der Waals surface area (Å²) in [6, 6.07) is 5.48. The van der Waals surface area contributed by atoms with Crippen LogP contribution in [0.25, 0.3) is 0 Å². The van der Waals surface area contributed by atoms with Crippen molar-refractivity contribution < 1.29 is 14.3 Å². The average Bonchev–Trinajstić information content (AvgIpc) is 2.35. The van der Waals surface area contributed by atoms with E-state index in [1.54, 1.807) is 6.07 Å². The first-order valence-electron chi connectivity index (χ1n) is 5.89. The van der Waals surface area contributed by atoms with E-state index in [1.807, 2.05) is 26.0 Å². The topological polar surface area (TPSA) is 67.4 Å². The molecule has 2 rings (SSSR count). The van der Waals surface area contributed by atoms with Crippen molar-refractivity contribution in [1.29, 1.82) is 0 Å². The molecule has 0 atom stereocenters. The van der Waals surface area contributed by atoms with Gasteiger partial charge in [-0.2, -0.15) is 0 Å². The van der Waals surface area contributed by atoms with E-state index in [2.05, 4.69) is 10.6 Å². The Hall–Kier alpha value is -2.04. The van der Waals surface area contributed by atoms with Crippen LogP contribution in [0.2, 0.25) is 0 Å². The van der Waals surface area contributed by atoms with Gasteiger partial charge in [0.05, 0.1) is 5.69 Å². The molecule has 0 aromatic heterocycles. The average molecular weight is 248 g/mol. The van der Waals surface area contributed by atoms with Crippen LogP contribution in [0.5, 0.6) is 5.75 Å². The van der Waals surface area contributed by atoms with Crippen molar-refractivity contribution in [1.82, 2.24) is 5.32 Å². The molecule has 5 nitrogen and oxygen atoms in total. The van der Waals surface area contributed by atoms with Gasteiger partial charge in [-0.1, -0.05) is 19.9 Å². The van der Waals surface area contributed by atoms with Crippen LogP contribution in [0.3, 0.4) is 0 Å². The minimum absolute atomic E-state index is 0.00741. The molecule has 0 saturated heterocycles. The normalized spacial score (nSPS) is 13.6. The monoisotopic (exact) mass is 248 g/mol. The van der Waals surface area contributed by atoms with Gasteiger partial charge in [-0.05, 0) is 17.7 Å². The first-order chi connectivity index (χ1) is 8.56. The Labute approximate surface area is 106 Å². The first kappa shape index (κ1) is 12.4. The molecule has 1 heterocycles. The SMILES string of the molecule is CC(C)C(=O)NCc1ccc2c(c1)NC(=O)CO2. The lowest BCUT2D eigenvalue weighted by molar-refractivity contribution is -0.124. The largest absolute Gasteiger partial charge is 0.482 e. The van der Waals surface area contributed by atoms with Crippen LogP contribution < -0.4 is 15.4 Å².